The van der Waals surface area contributed by atoms with E-state index in [0.29, 0.717) is 16.9 Å². The quantitative estimate of drug-likeness (QED) is 0.394. The second-order valence-electron chi connectivity index (χ2n) is 7.03. The fraction of sp³-hybridized carbons (Fsp3) is 0.474. The van der Waals surface area contributed by atoms with Crippen molar-refractivity contribution in [3.05, 3.63) is 39.1 Å². The van der Waals surface area contributed by atoms with Gasteiger partial charge in [-0.15, -0.1) is 0 Å². The average Bonchev–Trinajstić information content (AvgIpc) is 3.33. The summed E-state index contributed by atoms with van der Waals surface area (Å²) in [5.41, 5.74) is 1.80. The molecule has 1 aromatic carbocycles. The molecule has 0 atom stereocenters. The number of methoxy groups -OCH3 is 1. The molecule has 1 saturated heterocycles. The van der Waals surface area contributed by atoms with Gasteiger partial charge in [0.2, 0.25) is 0 Å². The van der Waals surface area contributed by atoms with E-state index in [1.165, 1.54) is 18.1 Å². The Kier molecular flexibility index (Phi) is 6.02. The number of nitrogens with zero attached hydrogens (tertiary/aromatic N) is 3. The zero-order valence-corrected chi connectivity index (χ0v) is 16.4. The van der Waals surface area contributed by atoms with Crippen LogP contribution in [0.1, 0.15) is 18.4 Å². The Morgan fingerprint density at radius 2 is 2.03 bits per heavy atom. The van der Waals surface area contributed by atoms with Crippen LogP contribution in [0.15, 0.2) is 23.4 Å². The zero-order chi connectivity index (χ0) is 21.1. The first kappa shape index (κ1) is 20.6. The first-order valence-corrected chi connectivity index (χ1v) is 9.40. The van der Waals surface area contributed by atoms with Gasteiger partial charge < -0.3 is 25.0 Å². The lowest BCUT2D eigenvalue weighted by molar-refractivity contribution is -0.384. The minimum Gasteiger partial charge on any atom is -0.466 e. The predicted octanol–water partition coefficient (Wildman–Crippen LogP) is 1.18. The number of benzene rings is 1. The summed E-state index contributed by atoms with van der Waals surface area (Å²) in [5.74, 6) is -1.07. The van der Waals surface area contributed by atoms with E-state index in [9.17, 15) is 19.7 Å². The van der Waals surface area contributed by atoms with Crippen LogP contribution < -0.4 is 10.2 Å². The number of nitro groups is 1. The molecule has 0 saturated carbocycles. The lowest BCUT2D eigenvalue weighted by Gasteiger charge is -2.20. The molecule has 1 amide bonds. The van der Waals surface area contributed by atoms with Gasteiger partial charge in [0.25, 0.3) is 11.6 Å². The van der Waals surface area contributed by atoms with E-state index in [-0.39, 0.29) is 36.7 Å². The standard InChI is InChI=1S/C19H24N4O6/c1-12-9-16(23(27)28)15(21-5-3-4-6-21)10-14(12)20-17-13(19(26)29-2)11-22(7-8-24)18(17)25/h9-10,20,24H,3-8,11H2,1-2H3. The third-order valence-corrected chi connectivity index (χ3v) is 5.18. The number of esters is 1. The highest BCUT2D eigenvalue weighted by Crippen LogP contribution is 2.36. The maximum absolute atomic E-state index is 12.7. The molecule has 2 aliphatic heterocycles. The van der Waals surface area contributed by atoms with Crippen molar-refractivity contribution in [2.45, 2.75) is 19.8 Å². The van der Waals surface area contributed by atoms with Crippen molar-refractivity contribution in [1.29, 1.82) is 0 Å². The number of carbonyl (C=O) groups excluding carboxylic acids is 2. The molecule has 10 heteroatoms. The minimum atomic E-state index is -0.638. The molecular weight excluding hydrogens is 380 g/mol. The van der Waals surface area contributed by atoms with Gasteiger partial charge in [-0.3, -0.25) is 14.9 Å². The van der Waals surface area contributed by atoms with Crippen molar-refractivity contribution in [3.8, 4) is 0 Å². The maximum Gasteiger partial charge on any atom is 0.337 e. The number of carbonyl (C=O) groups is 2. The summed E-state index contributed by atoms with van der Waals surface area (Å²) in [5, 5.41) is 23.7. The lowest BCUT2D eigenvalue weighted by atomic mass is 10.1. The Hall–Kier alpha value is -3.14. The zero-order valence-electron chi connectivity index (χ0n) is 16.4. The number of aliphatic hydroxyl groups excluding tert-OH is 1. The summed E-state index contributed by atoms with van der Waals surface area (Å²) in [6, 6.07) is 3.13. The Labute approximate surface area is 167 Å². The van der Waals surface area contributed by atoms with Crippen molar-refractivity contribution in [2.24, 2.45) is 0 Å². The third kappa shape index (κ3) is 4.02. The summed E-state index contributed by atoms with van der Waals surface area (Å²) < 4.78 is 4.79. The lowest BCUT2D eigenvalue weighted by Crippen LogP contribution is -2.31. The molecule has 1 aromatic rings. The molecule has 0 aliphatic carbocycles. The monoisotopic (exact) mass is 404 g/mol. The second-order valence-corrected chi connectivity index (χ2v) is 7.03. The Morgan fingerprint density at radius 1 is 1.34 bits per heavy atom. The number of aliphatic hydroxyl groups is 1. The number of hydrogen-bond donors (Lipinski definition) is 2. The molecule has 2 N–H and O–H groups in total. The number of nitrogens with one attached hydrogen (secondary N) is 1. The maximum atomic E-state index is 12.7. The number of rotatable bonds is 7. The van der Waals surface area contributed by atoms with Gasteiger partial charge in [-0.1, -0.05) is 0 Å². The van der Waals surface area contributed by atoms with Crippen LogP contribution in [0.2, 0.25) is 0 Å². The molecule has 1 fully saturated rings. The van der Waals surface area contributed by atoms with Crippen molar-refractivity contribution < 1.29 is 24.4 Å². The first-order chi connectivity index (χ1) is 13.9. The Morgan fingerprint density at radius 3 is 2.62 bits per heavy atom. The SMILES string of the molecule is COC(=O)C1=C(Nc2cc(N3CCCC3)c([N+](=O)[O-])cc2C)C(=O)N(CCO)C1. The highest BCUT2D eigenvalue weighted by molar-refractivity contribution is 6.08. The third-order valence-electron chi connectivity index (χ3n) is 5.18. The molecule has 0 radical (unpaired) electrons. The van der Waals surface area contributed by atoms with Crippen molar-refractivity contribution in [2.75, 3.05) is 50.1 Å². The van der Waals surface area contributed by atoms with Crippen LogP contribution >= 0.6 is 0 Å². The molecular formula is C19H24N4O6. The second kappa shape index (κ2) is 8.48. The van der Waals surface area contributed by atoms with Crippen LogP contribution in [-0.2, 0) is 14.3 Å². The molecule has 3 rings (SSSR count). The number of aryl methyl sites for hydroxylation is 1. The van der Waals surface area contributed by atoms with Gasteiger partial charge >= 0.3 is 5.97 Å². The summed E-state index contributed by atoms with van der Waals surface area (Å²) in [4.78, 5) is 39.3. The van der Waals surface area contributed by atoms with E-state index in [4.69, 9.17) is 9.84 Å². The van der Waals surface area contributed by atoms with Crippen molar-refractivity contribution in [3.63, 3.8) is 0 Å². The highest BCUT2D eigenvalue weighted by atomic mass is 16.6. The summed E-state index contributed by atoms with van der Waals surface area (Å²) in [6.07, 6.45) is 1.92. The Bertz CT molecular complexity index is 876. The minimum absolute atomic E-state index is 0.0109. The number of nitro benzene ring substituents is 1. The van der Waals surface area contributed by atoms with Crippen LogP contribution in [0.5, 0.6) is 0 Å². The average molecular weight is 404 g/mol. The van der Waals surface area contributed by atoms with E-state index in [2.05, 4.69) is 5.32 Å². The summed E-state index contributed by atoms with van der Waals surface area (Å²) in [6.45, 7) is 3.03. The van der Waals surface area contributed by atoms with Crippen LogP contribution in [0.25, 0.3) is 0 Å². The van der Waals surface area contributed by atoms with Gasteiger partial charge in [0.15, 0.2) is 0 Å². The normalized spacial score (nSPS) is 16.6. The van der Waals surface area contributed by atoms with Crippen LogP contribution in [0, 0.1) is 17.0 Å². The van der Waals surface area contributed by atoms with E-state index in [0.717, 1.165) is 25.9 Å². The van der Waals surface area contributed by atoms with Gasteiger partial charge in [0, 0.05) is 31.4 Å². The fourth-order valence-corrected chi connectivity index (χ4v) is 3.66. The molecule has 2 aliphatic rings. The number of β-amino-alcohol motifs (C(OH)–C–C–N with tert-alkyl or cyclic N) is 1. The van der Waals surface area contributed by atoms with Crippen LogP contribution in [0.4, 0.5) is 17.1 Å². The van der Waals surface area contributed by atoms with Gasteiger partial charge in [-0.2, -0.15) is 0 Å². The molecule has 0 aromatic heterocycles. The molecule has 2 heterocycles. The number of ether oxygens (including phenoxy) is 1. The summed E-state index contributed by atoms with van der Waals surface area (Å²) in [7, 11) is 1.23. The van der Waals surface area contributed by atoms with Crippen molar-refractivity contribution in [1.82, 2.24) is 4.90 Å². The first-order valence-electron chi connectivity index (χ1n) is 9.40. The topological polar surface area (TPSA) is 125 Å². The molecule has 0 bridgehead atoms. The predicted molar refractivity (Wildman–Crippen MR) is 106 cm³/mol. The molecule has 29 heavy (non-hydrogen) atoms. The van der Waals surface area contributed by atoms with E-state index in [1.54, 1.807) is 13.0 Å². The molecule has 156 valence electrons. The van der Waals surface area contributed by atoms with Crippen LogP contribution in [-0.4, -0.2) is 66.7 Å². The van der Waals surface area contributed by atoms with Crippen molar-refractivity contribution >= 4 is 28.9 Å². The van der Waals surface area contributed by atoms with E-state index < -0.39 is 16.8 Å². The summed E-state index contributed by atoms with van der Waals surface area (Å²) >= 11 is 0. The smallest absolute Gasteiger partial charge is 0.337 e. The van der Waals surface area contributed by atoms with E-state index in [1.807, 2.05) is 4.90 Å². The van der Waals surface area contributed by atoms with Gasteiger partial charge in [0.05, 0.1) is 30.8 Å². The molecule has 0 unspecified atom stereocenters. The van der Waals surface area contributed by atoms with Gasteiger partial charge in [0.1, 0.15) is 11.4 Å². The fourth-order valence-electron chi connectivity index (χ4n) is 3.66. The number of hydrogen-bond acceptors (Lipinski definition) is 8. The highest BCUT2D eigenvalue weighted by Gasteiger charge is 2.35. The molecule has 0 spiro atoms. The van der Waals surface area contributed by atoms with Crippen LogP contribution in [0.3, 0.4) is 0 Å². The molecule has 10 nitrogen and oxygen atoms in total. The Balaban J connectivity index is 2.01. The van der Waals surface area contributed by atoms with Gasteiger partial charge in [-0.05, 0) is 31.4 Å². The number of amides is 1. The number of anilines is 2. The van der Waals surface area contributed by atoms with E-state index >= 15 is 0 Å². The largest absolute Gasteiger partial charge is 0.466 e. The van der Waals surface area contributed by atoms with Gasteiger partial charge in [-0.25, -0.2) is 4.79 Å².